The lowest BCUT2D eigenvalue weighted by atomic mass is 9.98. The number of fused-ring (bicyclic) bond motifs is 1. The Morgan fingerprint density at radius 3 is 2.53 bits per heavy atom. The molecule has 0 aliphatic rings. The third-order valence-corrected chi connectivity index (χ3v) is 3.43. The maximum atomic E-state index is 10.2. The monoisotopic (exact) mass is 231 g/mol. The topological polar surface area (TPSA) is 36.0 Å². The van der Waals surface area contributed by atoms with Crippen LogP contribution in [0.3, 0.4) is 0 Å². The van der Waals surface area contributed by atoms with E-state index in [4.69, 9.17) is 0 Å². The number of H-pyrrole nitrogens is 1. The van der Waals surface area contributed by atoms with Crippen LogP contribution < -0.4 is 0 Å². The minimum absolute atomic E-state index is 0.361. The van der Waals surface area contributed by atoms with Crippen LogP contribution in [0.1, 0.15) is 48.8 Å². The lowest BCUT2D eigenvalue weighted by Crippen LogP contribution is -1.99. The van der Waals surface area contributed by atoms with Gasteiger partial charge in [-0.05, 0) is 43.9 Å². The second-order valence-electron chi connectivity index (χ2n) is 4.80. The third-order valence-electron chi connectivity index (χ3n) is 3.43. The summed E-state index contributed by atoms with van der Waals surface area (Å²) in [7, 11) is 0. The molecule has 0 aliphatic heterocycles. The van der Waals surface area contributed by atoms with Gasteiger partial charge >= 0.3 is 0 Å². The fourth-order valence-electron chi connectivity index (χ4n) is 2.66. The van der Waals surface area contributed by atoms with Crippen LogP contribution in [0.25, 0.3) is 10.9 Å². The molecule has 2 heteroatoms. The van der Waals surface area contributed by atoms with Crippen LogP contribution in [0.2, 0.25) is 0 Å². The van der Waals surface area contributed by atoms with Gasteiger partial charge in [0.2, 0.25) is 0 Å². The van der Waals surface area contributed by atoms with Crippen molar-refractivity contribution in [3.8, 4) is 0 Å². The number of aryl methyl sites for hydroxylation is 3. The molecule has 2 aromatic rings. The second-order valence-corrected chi connectivity index (χ2v) is 4.80. The summed E-state index contributed by atoms with van der Waals surface area (Å²) in [5.41, 5.74) is 5.93. The molecule has 17 heavy (non-hydrogen) atoms. The van der Waals surface area contributed by atoms with Crippen molar-refractivity contribution in [3.63, 3.8) is 0 Å². The molecule has 0 saturated heterocycles. The van der Waals surface area contributed by atoms with Gasteiger partial charge in [-0.25, -0.2) is 0 Å². The Bertz CT molecular complexity index is 539. The van der Waals surface area contributed by atoms with Gasteiger partial charge in [0.15, 0.2) is 0 Å². The highest BCUT2D eigenvalue weighted by Gasteiger charge is 2.18. The standard InChI is InChI=1S/C15H21NO/c1-5-11-15(13(17)6-2)14-10(4)7-9(3)8-12(14)16-11/h7-8,13,16-17H,5-6H2,1-4H3. The first-order chi connectivity index (χ1) is 8.08. The summed E-state index contributed by atoms with van der Waals surface area (Å²) in [6.45, 7) is 8.37. The molecule has 92 valence electrons. The molecule has 1 unspecified atom stereocenters. The van der Waals surface area contributed by atoms with Crippen LogP contribution in [0.4, 0.5) is 0 Å². The zero-order valence-corrected chi connectivity index (χ0v) is 11.1. The number of aliphatic hydroxyl groups is 1. The zero-order chi connectivity index (χ0) is 12.6. The zero-order valence-electron chi connectivity index (χ0n) is 11.1. The van der Waals surface area contributed by atoms with Gasteiger partial charge in [0.1, 0.15) is 0 Å². The molecule has 1 heterocycles. The maximum Gasteiger partial charge on any atom is 0.0811 e. The van der Waals surface area contributed by atoms with Crippen molar-refractivity contribution < 1.29 is 5.11 Å². The first kappa shape index (κ1) is 12.2. The Morgan fingerprint density at radius 2 is 1.94 bits per heavy atom. The molecule has 0 fully saturated rings. The average Bonchev–Trinajstić information content (AvgIpc) is 2.66. The number of rotatable bonds is 3. The van der Waals surface area contributed by atoms with E-state index in [0.717, 1.165) is 23.9 Å². The van der Waals surface area contributed by atoms with Gasteiger partial charge in [-0.3, -0.25) is 0 Å². The molecule has 0 amide bonds. The summed E-state index contributed by atoms with van der Waals surface area (Å²) in [5, 5.41) is 11.4. The first-order valence-corrected chi connectivity index (χ1v) is 6.38. The molecule has 0 aliphatic carbocycles. The molecule has 0 spiro atoms. The van der Waals surface area contributed by atoms with Gasteiger partial charge in [0.25, 0.3) is 0 Å². The minimum Gasteiger partial charge on any atom is -0.388 e. The largest absolute Gasteiger partial charge is 0.388 e. The van der Waals surface area contributed by atoms with Crippen molar-refractivity contribution in [2.45, 2.75) is 46.6 Å². The fraction of sp³-hybridized carbons (Fsp3) is 0.467. The SMILES string of the molecule is CCc1[nH]c2cc(C)cc(C)c2c1C(O)CC. The maximum absolute atomic E-state index is 10.2. The molecule has 0 saturated carbocycles. The molecule has 1 aromatic carbocycles. The van der Waals surface area contributed by atoms with Crippen LogP contribution in [0.15, 0.2) is 12.1 Å². The van der Waals surface area contributed by atoms with Gasteiger partial charge in [-0.2, -0.15) is 0 Å². The number of nitrogens with one attached hydrogen (secondary N) is 1. The highest BCUT2D eigenvalue weighted by Crippen LogP contribution is 2.33. The molecule has 2 N–H and O–H groups in total. The van der Waals surface area contributed by atoms with E-state index in [0.29, 0.717) is 0 Å². The Morgan fingerprint density at radius 1 is 1.24 bits per heavy atom. The fourth-order valence-corrected chi connectivity index (χ4v) is 2.66. The van der Waals surface area contributed by atoms with E-state index in [1.54, 1.807) is 0 Å². The molecular weight excluding hydrogens is 210 g/mol. The van der Waals surface area contributed by atoms with E-state index in [1.807, 2.05) is 6.92 Å². The summed E-state index contributed by atoms with van der Waals surface area (Å²) in [6, 6.07) is 4.34. The number of hydrogen-bond donors (Lipinski definition) is 2. The lowest BCUT2D eigenvalue weighted by molar-refractivity contribution is 0.174. The van der Waals surface area contributed by atoms with Crippen molar-refractivity contribution in [2.24, 2.45) is 0 Å². The molecule has 2 rings (SSSR count). The minimum atomic E-state index is -0.361. The molecular formula is C15H21NO. The third kappa shape index (κ3) is 1.98. The van der Waals surface area contributed by atoms with Crippen LogP contribution in [-0.2, 0) is 6.42 Å². The summed E-state index contributed by atoms with van der Waals surface area (Å²) in [4.78, 5) is 3.45. The van der Waals surface area contributed by atoms with Gasteiger partial charge in [-0.1, -0.05) is 19.9 Å². The van der Waals surface area contributed by atoms with E-state index < -0.39 is 0 Å². The van der Waals surface area contributed by atoms with E-state index >= 15 is 0 Å². The summed E-state index contributed by atoms with van der Waals surface area (Å²) < 4.78 is 0. The van der Waals surface area contributed by atoms with Crippen molar-refractivity contribution >= 4 is 10.9 Å². The predicted octanol–water partition coefficient (Wildman–Crippen LogP) is 3.79. The normalized spacial score (nSPS) is 13.2. The van der Waals surface area contributed by atoms with Crippen LogP contribution in [0, 0.1) is 13.8 Å². The van der Waals surface area contributed by atoms with Crippen molar-refractivity contribution in [1.29, 1.82) is 0 Å². The Labute approximate surface area is 103 Å². The first-order valence-electron chi connectivity index (χ1n) is 6.38. The highest BCUT2D eigenvalue weighted by molar-refractivity contribution is 5.88. The van der Waals surface area contributed by atoms with Gasteiger partial charge in [-0.15, -0.1) is 0 Å². The van der Waals surface area contributed by atoms with Crippen LogP contribution in [-0.4, -0.2) is 10.1 Å². The molecule has 0 radical (unpaired) electrons. The smallest absolute Gasteiger partial charge is 0.0811 e. The van der Waals surface area contributed by atoms with E-state index in [2.05, 4.69) is 37.9 Å². The molecule has 1 atom stereocenters. The lowest BCUT2D eigenvalue weighted by Gasteiger charge is -2.10. The second kappa shape index (κ2) is 4.53. The van der Waals surface area contributed by atoms with Gasteiger partial charge < -0.3 is 10.1 Å². The number of aromatic amines is 1. The van der Waals surface area contributed by atoms with Crippen molar-refractivity contribution in [2.75, 3.05) is 0 Å². The van der Waals surface area contributed by atoms with E-state index in [9.17, 15) is 5.11 Å². The summed E-state index contributed by atoms with van der Waals surface area (Å²) in [5.74, 6) is 0. The Kier molecular flexibility index (Phi) is 3.25. The number of aromatic nitrogens is 1. The van der Waals surface area contributed by atoms with Crippen molar-refractivity contribution in [1.82, 2.24) is 4.98 Å². The predicted molar refractivity (Wildman–Crippen MR) is 72.4 cm³/mol. The van der Waals surface area contributed by atoms with Gasteiger partial charge in [0.05, 0.1) is 6.10 Å². The number of hydrogen-bond acceptors (Lipinski definition) is 1. The molecule has 2 nitrogen and oxygen atoms in total. The Balaban J connectivity index is 2.78. The summed E-state index contributed by atoms with van der Waals surface area (Å²) >= 11 is 0. The van der Waals surface area contributed by atoms with E-state index in [-0.39, 0.29) is 6.10 Å². The highest BCUT2D eigenvalue weighted by atomic mass is 16.3. The van der Waals surface area contributed by atoms with Crippen molar-refractivity contribution in [3.05, 3.63) is 34.5 Å². The molecule has 0 bridgehead atoms. The number of aliphatic hydroxyl groups excluding tert-OH is 1. The average molecular weight is 231 g/mol. The van der Waals surface area contributed by atoms with Crippen LogP contribution in [0.5, 0.6) is 0 Å². The molecule has 1 aromatic heterocycles. The quantitative estimate of drug-likeness (QED) is 0.828. The van der Waals surface area contributed by atoms with Gasteiger partial charge in [0, 0.05) is 22.2 Å². The van der Waals surface area contributed by atoms with E-state index in [1.165, 1.54) is 22.2 Å². The number of benzene rings is 1. The summed E-state index contributed by atoms with van der Waals surface area (Å²) in [6.07, 6.45) is 1.33. The Hall–Kier alpha value is -1.28. The van der Waals surface area contributed by atoms with Crippen LogP contribution >= 0.6 is 0 Å².